The van der Waals surface area contributed by atoms with Gasteiger partial charge in [-0.3, -0.25) is 4.90 Å². The van der Waals surface area contributed by atoms with Crippen LogP contribution in [0.2, 0.25) is 0 Å². The Hall–Kier alpha value is -2.04. The number of hydrogen-bond acceptors (Lipinski definition) is 4. The van der Waals surface area contributed by atoms with Crippen LogP contribution < -0.4 is 5.73 Å². The van der Waals surface area contributed by atoms with Gasteiger partial charge in [0.15, 0.2) is 0 Å². The minimum Gasteiger partial charge on any atom is -0.453 e. The molecule has 1 fully saturated rings. The molecule has 1 aliphatic heterocycles. The number of nitrogens with two attached hydrogens (primary N) is 1. The van der Waals surface area contributed by atoms with Crippen LogP contribution in [0.5, 0.6) is 0 Å². The van der Waals surface area contributed by atoms with Crippen LogP contribution in [0.3, 0.4) is 0 Å². The number of carbonyl (C=O) groups excluding carboxylic acids is 1. The number of anilines is 1. The Labute approximate surface area is 149 Å². The molecule has 0 saturated carbocycles. The largest absolute Gasteiger partial charge is 0.453 e. The number of esters is 1. The van der Waals surface area contributed by atoms with E-state index in [1.807, 2.05) is 30.3 Å². The van der Waals surface area contributed by atoms with Gasteiger partial charge >= 0.3 is 5.97 Å². The lowest BCUT2D eigenvalue weighted by Gasteiger charge is -2.24. The van der Waals surface area contributed by atoms with Crippen LogP contribution in [0.1, 0.15) is 34.9 Å². The van der Waals surface area contributed by atoms with Crippen LogP contribution in [-0.4, -0.2) is 30.5 Å². The molecule has 3 rings (SSSR count). The molecule has 1 atom stereocenters. The second-order valence-corrected chi connectivity index (χ2v) is 5.94. The first-order valence-corrected chi connectivity index (χ1v) is 8.06. The summed E-state index contributed by atoms with van der Waals surface area (Å²) in [6.45, 7) is 2.87. The third kappa shape index (κ3) is 4.73. The summed E-state index contributed by atoms with van der Waals surface area (Å²) < 4.78 is 5.80. The summed E-state index contributed by atoms with van der Waals surface area (Å²) in [6.07, 6.45) is 2.17. The summed E-state index contributed by atoms with van der Waals surface area (Å²) in [4.78, 5) is 14.8. The van der Waals surface area contributed by atoms with Gasteiger partial charge in [-0.1, -0.05) is 36.4 Å². The normalized spacial score (nSPS) is 15.5. The van der Waals surface area contributed by atoms with Crippen LogP contribution in [0.25, 0.3) is 0 Å². The smallest absolute Gasteiger partial charge is 0.338 e. The molecule has 1 aliphatic rings. The van der Waals surface area contributed by atoms with Gasteiger partial charge in [-0.15, -0.1) is 12.4 Å². The monoisotopic (exact) mass is 346 g/mol. The third-order valence-electron chi connectivity index (χ3n) is 4.17. The van der Waals surface area contributed by atoms with E-state index >= 15 is 0 Å². The average molecular weight is 347 g/mol. The Morgan fingerprint density at radius 3 is 2.46 bits per heavy atom. The number of halogens is 1. The van der Waals surface area contributed by atoms with E-state index in [9.17, 15) is 4.79 Å². The highest BCUT2D eigenvalue weighted by Crippen LogP contribution is 2.23. The highest BCUT2D eigenvalue weighted by Gasteiger charge is 2.23. The molecule has 1 heterocycles. The second kappa shape index (κ2) is 8.71. The van der Waals surface area contributed by atoms with E-state index in [0.717, 1.165) is 25.2 Å². The van der Waals surface area contributed by atoms with Crippen molar-refractivity contribution < 1.29 is 9.53 Å². The van der Waals surface area contributed by atoms with E-state index in [0.29, 0.717) is 11.3 Å². The van der Waals surface area contributed by atoms with E-state index in [1.165, 1.54) is 12.8 Å². The molecule has 1 saturated heterocycles. The minimum absolute atomic E-state index is 0. The Kier molecular flexibility index (Phi) is 6.64. The standard InChI is InChI=1S/C19H22N2O2.ClH/c20-17-10-6-9-16(13-17)19(22)23-18(14-21-11-4-5-12-21)15-7-2-1-3-8-15;/h1-3,6-10,13,18H,4-5,11-12,14,20H2;1H. The fourth-order valence-corrected chi connectivity index (χ4v) is 2.94. The maximum atomic E-state index is 12.5. The molecule has 5 heteroatoms. The fraction of sp³-hybridized carbons (Fsp3) is 0.316. The molecule has 0 spiro atoms. The van der Waals surface area contributed by atoms with Gasteiger partial charge in [0, 0.05) is 12.2 Å². The molecule has 0 radical (unpaired) electrons. The maximum absolute atomic E-state index is 12.5. The number of ether oxygens (including phenoxy) is 1. The average Bonchev–Trinajstić information content (AvgIpc) is 3.08. The SMILES string of the molecule is Cl.Nc1cccc(C(=O)OC(CN2CCCC2)c2ccccc2)c1. The zero-order valence-electron chi connectivity index (χ0n) is 13.6. The molecule has 4 nitrogen and oxygen atoms in total. The lowest BCUT2D eigenvalue weighted by molar-refractivity contribution is 0.0216. The summed E-state index contributed by atoms with van der Waals surface area (Å²) in [5.41, 5.74) is 7.84. The van der Waals surface area contributed by atoms with Gasteiger partial charge in [-0.25, -0.2) is 4.79 Å². The van der Waals surface area contributed by atoms with Gasteiger partial charge in [0.25, 0.3) is 0 Å². The van der Waals surface area contributed by atoms with Gasteiger partial charge in [-0.2, -0.15) is 0 Å². The van der Waals surface area contributed by atoms with Crippen LogP contribution in [0.4, 0.5) is 5.69 Å². The second-order valence-electron chi connectivity index (χ2n) is 5.94. The Balaban J connectivity index is 0.00000208. The van der Waals surface area contributed by atoms with Gasteiger partial charge in [0.05, 0.1) is 5.56 Å². The molecule has 0 amide bonds. The number of rotatable bonds is 5. The van der Waals surface area contributed by atoms with Crippen LogP contribution in [-0.2, 0) is 4.74 Å². The van der Waals surface area contributed by atoms with E-state index in [4.69, 9.17) is 10.5 Å². The Morgan fingerprint density at radius 2 is 1.79 bits per heavy atom. The van der Waals surface area contributed by atoms with Gasteiger partial charge < -0.3 is 10.5 Å². The number of likely N-dealkylation sites (tertiary alicyclic amines) is 1. The first-order chi connectivity index (χ1) is 11.2. The minimum atomic E-state index is -0.328. The van der Waals surface area contributed by atoms with Crippen molar-refractivity contribution in [2.24, 2.45) is 0 Å². The van der Waals surface area contributed by atoms with Crippen molar-refractivity contribution in [3.8, 4) is 0 Å². The van der Waals surface area contributed by atoms with Crippen molar-refractivity contribution in [3.63, 3.8) is 0 Å². The molecular weight excluding hydrogens is 324 g/mol. The van der Waals surface area contributed by atoms with E-state index in [-0.39, 0.29) is 24.5 Å². The van der Waals surface area contributed by atoms with Crippen LogP contribution in [0.15, 0.2) is 54.6 Å². The third-order valence-corrected chi connectivity index (χ3v) is 4.17. The summed E-state index contributed by atoms with van der Waals surface area (Å²) in [6, 6.07) is 16.8. The van der Waals surface area contributed by atoms with Crippen LogP contribution >= 0.6 is 12.4 Å². The molecule has 1 unspecified atom stereocenters. The molecule has 0 aromatic heterocycles. The highest BCUT2D eigenvalue weighted by molar-refractivity contribution is 5.90. The molecule has 2 aromatic rings. The Bertz CT molecular complexity index is 657. The van der Waals surface area contributed by atoms with E-state index in [2.05, 4.69) is 4.90 Å². The lowest BCUT2D eigenvalue weighted by Crippen LogP contribution is -2.28. The summed E-state index contributed by atoms with van der Waals surface area (Å²) in [7, 11) is 0. The first kappa shape index (κ1) is 18.3. The number of carbonyl (C=O) groups is 1. The number of nitrogen functional groups attached to an aromatic ring is 1. The first-order valence-electron chi connectivity index (χ1n) is 8.06. The van der Waals surface area contributed by atoms with Gasteiger partial charge in [-0.05, 0) is 49.7 Å². The van der Waals surface area contributed by atoms with E-state index in [1.54, 1.807) is 24.3 Å². The fourth-order valence-electron chi connectivity index (χ4n) is 2.94. The molecule has 2 N–H and O–H groups in total. The van der Waals surface area contributed by atoms with E-state index < -0.39 is 0 Å². The molecule has 0 bridgehead atoms. The molecule has 2 aromatic carbocycles. The molecule has 128 valence electrons. The van der Waals surface area contributed by atoms with Crippen molar-refractivity contribution in [3.05, 3.63) is 65.7 Å². The predicted molar refractivity (Wildman–Crippen MR) is 98.4 cm³/mol. The quantitative estimate of drug-likeness (QED) is 0.662. The number of hydrogen-bond donors (Lipinski definition) is 1. The topological polar surface area (TPSA) is 55.6 Å². The summed E-state index contributed by atoms with van der Waals surface area (Å²) in [5.74, 6) is -0.328. The predicted octanol–water partition coefficient (Wildman–Crippen LogP) is 3.68. The summed E-state index contributed by atoms with van der Waals surface area (Å²) >= 11 is 0. The highest BCUT2D eigenvalue weighted by atomic mass is 35.5. The maximum Gasteiger partial charge on any atom is 0.338 e. The van der Waals surface area contributed by atoms with Crippen molar-refractivity contribution in [2.45, 2.75) is 18.9 Å². The lowest BCUT2D eigenvalue weighted by atomic mass is 10.1. The van der Waals surface area contributed by atoms with Gasteiger partial charge in [0.2, 0.25) is 0 Å². The van der Waals surface area contributed by atoms with Crippen LogP contribution in [0, 0.1) is 0 Å². The molecule has 0 aliphatic carbocycles. The summed E-state index contributed by atoms with van der Waals surface area (Å²) in [5, 5.41) is 0. The van der Waals surface area contributed by atoms with Crippen molar-refractivity contribution >= 4 is 24.1 Å². The van der Waals surface area contributed by atoms with Crippen molar-refractivity contribution in [1.29, 1.82) is 0 Å². The van der Waals surface area contributed by atoms with Gasteiger partial charge in [0.1, 0.15) is 6.10 Å². The zero-order chi connectivity index (χ0) is 16.1. The van der Waals surface area contributed by atoms with Crippen molar-refractivity contribution in [2.75, 3.05) is 25.4 Å². The number of nitrogens with zero attached hydrogens (tertiary/aromatic N) is 1. The van der Waals surface area contributed by atoms with Crippen molar-refractivity contribution in [1.82, 2.24) is 4.90 Å². The Morgan fingerprint density at radius 1 is 1.08 bits per heavy atom. The molecular formula is C19H23ClN2O2. The number of benzene rings is 2. The molecule has 24 heavy (non-hydrogen) atoms. The zero-order valence-corrected chi connectivity index (χ0v) is 14.4.